The van der Waals surface area contributed by atoms with Crippen LogP contribution in [0.3, 0.4) is 0 Å². The molecule has 4 atom stereocenters. The van der Waals surface area contributed by atoms with Crippen molar-refractivity contribution < 1.29 is 70.1 Å². The molecule has 14 nitrogen and oxygen atoms in total. The van der Waals surface area contributed by atoms with E-state index in [-0.39, 0.29) is 33.8 Å². The van der Waals surface area contributed by atoms with Gasteiger partial charge in [-0.3, -0.25) is 4.79 Å². The number of aromatic hydroxyl groups is 8. The number of ether oxygens (including phenoxy) is 3. The van der Waals surface area contributed by atoms with Gasteiger partial charge in [0.1, 0.15) is 57.7 Å². The van der Waals surface area contributed by atoms with Gasteiger partial charge in [0, 0.05) is 35.4 Å². The predicted octanol–water partition coefficient (Wildman–Crippen LogP) is 2.68. The number of aliphatic hydroxyl groups excluding tert-OH is 2. The van der Waals surface area contributed by atoms with Crippen molar-refractivity contribution in [2.75, 3.05) is 0 Å². The van der Waals surface area contributed by atoms with Crippen molar-refractivity contribution in [1.29, 1.82) is 0 Å². The summed E-state index contributed by atoms with van der Waals surface area (Å²) in [7, 11) is 0. The number of ketones is 1. The predicted molar refractivity (Wildman–Crippen MR) is 146 cm³/mol. The second kappa shape index (κ2) is 9.65. The monoisotopic (exact) mass is 608 g/mol. The first kappa shape index (κ1) is 28.4. The summed E-state index contributed by atoms with van der Waals surface area (Å²) in [5, 5.41) is 105. The van der Waals surface area contributed by atoms with Crippen LogP contribution in [0.15, 0.2) is 48.5 Å². The van der Waals surface area contributed by atoms with Crippen molar-refractivity contribution in [3.63, 3.8) is 0 Å². The minimum absolute atomic E-state index is 0.0835. The van der Waals surface area contributed by atoms with Gasteiger partial charge in [-0.2, -0.15) is 0 Å². The maximum atomic E-state index is 13.5. The number of phenolic OH excluding ortho intramolecular Hbond substituents is 8. The Morgan fingerprint density at radius 2 is 1.30 bits per heavy atom. The van der Waals surface area contributed by atoms with E-state index in [2.05, 4.69) is 0 Å². The number of Topliss-reactive ketones (excluding diaryl/α,β-unsaturated/α-hetero) is 1. The standard InChI is InChI=1S/C30H24O14/c1-10(31)30(11-4-17(36)25(38)18(37)5-11)43-20-8-13(33)7-16(35)22(20)23-21(44-30)9-19-24(26(23)39)27(40)28(41)29(42-19)14-3-2-12(32)6-15(14)34/h2-10,28-29,31-39,41H,1H3. The molecule has 4 unspecified atom stereocenters. The SMILES string of the molecule is CC(O)C1(c2cc(O)c(O)c(O)c2)Oc2cc(O)cc(O)c2-c2c(cc3c(c2O)C(=O)C(O)C(c2ccc(O)cc2O)O3)O1. The lowest BCUT2D eigenvalue weighted by Gasteiger charge is -2.37. The molecule has 0 aliphatic carbocycles. The van der Waals surface area contributed by atoms with Gasteiger partial charge in [0.05, 0.1) is 11.1 Å². The Balaban J connectivity index is 1.63. The second-order valence-electron chi connectivity index (χ2n) is 10.3. The van der Waals surface area contributed by atoms with E-state index < -0.39 is 87.2 Å². The number of hydrogen-bond acceptors (Lipinski definition) is 14. The van der Waals surface area contributed by atoms with Crippen LogP contribution in [0.25, 0.3) is 11.1 Å². The average molecular weight is 609 g/mol. The highest BCUT2D eigenvalue weighted by Crippen LogP contribution is 2.58. The van der Waals surface area contributed by atoms with Gasteiger partial charge in [-0.25, -0.2) is 0 Å². The van der Waals surface area contributed by atoms with Crippen molar-refractivity contribution in [3.8, 4) is 74.4 Å². The van der Waals surface area contributed by atoms with E-state index in [0.717, 1.165) is 36.4 Å². The molecule has 2 aliphatic rings. The number of phenols is 8. The van der Waals surface area contributed by atoms with Crippen molar-refractivity contribution in [2.45, 2.75) is 31.0 Å². The van der Waals surface area contributed by atoms with Crippen molar-refractivity contribution in [3.05, 3.63) is 65.2 Å². The summed E-state index contributed by atoms with van der Waals surface area (Å²) in [6, 6.07) is 8.17. The van der Waals surface area contributed by atoms with Gasteiger partial charge in [-0.05, 0) is 31.2 Å². The lowest BCUT2D eigenvalue weighted by atomic mass is 9.89. The molecule has 6 rings (SSSR count). The van der Waals surface area contributed by atoms with Crippen LogP contribution in [-0.2, 0) is 5.79 Å². The summed E-state index contributed by atoms with van der Waals surface area (Å²) >= 11 is 0. The molecule has 10 N–H and O–H groups in total. The second-order valence-corrected chi connectivity index (χ2v) is 10.3. The number of fused-ring (bicyclic) bond motifs is 4. The van der Waals surface area contributed by atoms with Gasteiger partial charge < -0.3 is 65.3 Å². The Labute approximate surface area is 246 Å². The van der Waals surface area contributed by atoms with Crippen LogP contribution in [-0.4, -0.2) is 69.1 Å². The third kappa shape index (κ3) is 4.07. The topological polar surface area (TPSA) is 247 Å². The fourth-order valence-corrected chi connectivity index (χ4v) is 5.37. The van der Waals surface area contributed by atoms with Crippen LogP contribution >= 0.6 is 0 Å². The molecule has 0 aromatic heterocycles. The molecule has 44 heavy (non-hydrogen) atoms. The quantitative estimate of drug-likeness (QED) is 0.150. The molecule has 2 heterocycles. The first-order valence-electron chi connectivity index (χ1n) is 12.9. The normalized spacial score (nSPS) is 21.0. The number of carbonyl (C=O) groups is 1. The number of carbonyl (C=O) groups excluding carboxylic acids is 1. The Morgan fingerprint density at radius 3 is 1.91 bits per heavy atom. The van der Waals surface area contributed by atoms with Gasteiger partial charge in [-0.15, -0.1) is 0 Å². The van der Waals surface area contributed by atoms with E-state index in [9.17, 15) is 55.9 Å². The summed E-state index contributed by atoms with van der Waals surface area (Å²) in [5.74, 6) is -10.1. The largest absolute Gasteiger partial charge is 0.508 e. The smallest absolute Gasteiger partial charge is 0.304 e. The van der Waals surface area contributed by atoms with Gasteiger partial charge in [-0.1, -0.05) is 0 Å². The first-order chi connectivity index (χ1) is 20.7. The van der Waals surface area contributed by atoms with E-state index in [1.165, 1.54) is 19.1 Å². The number of aliphatic hydroxyl groups is 2. The van der Waals surface area contributed by atoms with Crippen LogP contribution in [0, 0.1) is 0 Å². The molecular weight excluding hydrogens is 584 g/mol. The Kier molecular flexibility index (Phi) is 6.23. The zero-order chi connectivity index (χ0) is 31.8. The lowest BCUT2D eigenvalue weighted by Crippen LogP contribution is -2.48. The highest BCUT2D eigenvalue weighted by atomic mass is 16.7. The molecular formula is C30H24O14. The van der Waals surface area contributed by atoms with Gasteiger partial charge >= 0.3 is 5.79 Å². The summed E-state index contributed by atoms with van der Waals surface area (Å²) in [4.78, 5) is 13.5. The van der Waals surface area contributed by atoms with Crippen LogP contribution in [0.4, 0.5) is 0 Å². The maximum absolute atomic E-state index is 13.5. The summed E-state index contributed by atoms with van der Waals surface area (Å²) in [6.45, 7) is 1.20. The zero-order valence-corrected chi connectivity index (χ0v) is 22.5. The minimum Gasteiger partial charge on any atom is -0.508 e. The summed E-state index contributed by atoms with van der Waals surface area (Å²) < 4.78 is 18.0. The lowest BCUT2D eigenvalue weighted by molar-refractivity contribution is -0.187. The van der Waals surface area contributed by atoms with Crippen molar-refractivity contribution >= 4 is 5.78 Å². The third-order valence-electron chi connectivity index (χ3n) is 7.47. The Hall–Kier alpha value is -5.73. The van der Waals surface area contributed by atoms with Crippen LogP contribution in [0.1, 0.15) is 34.5 Å². The van der Waals surface area contributed by atoms with Gasteiger partial charge in [0.2, 0.25) is 5.78 Å². The molecule has 0 bridgehead atoms. The van der Waals surface area contributed by atoms with Gasteiger partial charge in [0.15, 0.2) is 29.5 Å². The molecule has 4 aromatic carbocycles. The van der Waals surface area contributed by atoms with E-state index in [0.29, 0.717) is 0 Å². The minimum atomic E-state index is -2.43. The summed E-state index contributed by atoms with van der Waals surface area (Å²) in [5.41, 5.74) is -1.62. The third-order valence-corrected chi connectivity index (χ3v) is 7.47. The molecule has 4 aromatic rings. The van der Waals surface area contributed by atoms with E-state index in [1.807, 2.05) is 0 Å². The molecule has 14 heteroatoms. The van der Waals surface area contributed by atoms with E-state index in [1.54, 1.807) is 0 Å². The number of benzene rings is 4. The first-order valence-corrected chi connectivity index (χ1v) is 12.9. The molecule has 0 saturated heterocycles. The maximum Gasteiger partial charge on any atom is 0.304 e. The molecule has 228 valence electrons. The fourth-order valence-electron chi connectivity index (χ4n) is 5.37. The summed E-state index contributed by atoms with van der Waals surface area (Å²) in [6.07, 6.45) is -5.18. The van der Waals surface area contributed by atoms with Crippen molar-refractivity contribution in [1.82, 2.24) is 0 Å². The average Bonchev–Trinajstić information content (AvgIpc) is 3.09. The number of rotatable bonds is 3. The highest BCUT2D eigenvalue weighted by Gasteiger charge is 2.49. The molecule has 0 saturated carbocycles. The van der Waals surface area contributed by atoms with Gasteiger partial charge in [0.25, 0.3) is 0 Å². The highest BCUT2D eigenvalue weighted by molar-refractivity contribution is 6.08. The molecule has 0 spiro atoms. The molecule has 2 aliphatic heterocycles. The zero-order valence-electron chi connectivity index (χ0n) is 22.5. The molecule has 0 radical (unpaired) electrons. The van der Waals surface area contributed by atoms with Crippen LogP contribution in [0.5, 0.6) is 63.2 Å². The number of hydrogen-bond donors (Lipinski definition) is 10. The van der Waals surface area contributed by atoms with Crippen LogP contribution < -0.4 is 14.2 Å². The van der Waals surface area contributed by atoms with Crippen molar-refractivity contribution in [2.24, 2.45) is 0 Å². The molecule has 0 amide bonds. The van der Waals surface area contributed by atoms with E-state index >= 15 is 0 Å². The Morgan fingerprint density at radius 1 is 0.682 bits per heavy atom. The van der Waals surface area contributed by atoms with E-state index in [4.69, 9.17) is 14.2 Å². The Bertz CT molecular complexity index is 1840. The fraction of sp³-hybridized carbons (Fsp3) is 0.167. The van der Waals surface area contributed by atoms with Crippen LogP contribution in [0.2, 0.25) is 0 Å². The molecule has 0 fully saturated rings.